The molecule has 2 N–H and O–H groups in total. The summed E-state index contributed by atoms with van der Waals surface area (Å²) in [6.07, 6.45) is 0.179. The van der Waals surface area contributed by atoms with Crippen molar-refractivity contribution in [2.75, 3.05) is 45.2 Å². The van der Waals surface area contributed by atoms with Crippen LogP contribution in [0.4, 0.5) is 10.5 Å². The SMILES string of the molecule is CCN(CC)CCOc1ccccc1NC(=O)CCNC(=O)N(C)Cc1ccccc1. The number of rotatable bonds is 12. The second kappa shape index (κ2) is 13.3. The van der Waals surface area contributed by atoms with Gasteiger partial charge in [0.25, 0.3) is 0 Å². The quantitative estimate of drug-likeness (QED) is 0.544. The fraction of sp³-hybridized carbons (Fsp3) is 0.417. The van der Waals surface area contributed by atoms with E-state index >= 15 is 0 Å². The molecule has 31 heavy (non-hydrogen) atoms. The van der Waals surface area contributed by atoms with E-state index in [0.717, 1.165) is 25.2 Å². The van der Waals surface area contributed by atoms with E-state index in [4.69, 9.17) is 4.74 Å². The number of hydrogen-bond donors (Lipinski definition) is 2. The Balaban J connectivity index is 1.75. The lowest BCUT2D eigenvalue weighted by atomic mass is 10.2. The number of carbonyl (C=O) groups is 2. The third-order valence-corrected chi connectivity index (χ3v) is 4.96. The van der Waals surface area contributed by atoms with Crippen molar-refractivity contribution < 1.29 is 14.3 Å². The van der Waals surface area contributed by atoms with Crippen molar-refractivity contribution >= 4 is 17.6 Å². The Morgan fingerprint density at radius 2 is 1.65 bits per heavy atom. The number of nitrogens with zero attached hydrogens (tertiary/aromatic N) is 2. The van der Waals surface area contributed by atoms with Crippen molar-refractivity contribution in [2.45, 2.75) is 26.8 Å². The number of carbonyl (C=O) groups excluding carboxylic acids is 2. The molecule has 0 aromatic heterocycles. The van der Waals surface area contributed by atoms with Crippen molar-refractivity contribution in [3.8, 4) is 5.75 Å². The Kier molecular flexibility index (Phi) is 10.4. The third-order valence-electron chi connectivity index (χ3n) is 4.96. The molecule has 2 aromatic rings. The smallest absolute Gasteiger partial charge is 0.317 e. The van der Waals surface area contributed by atoms with Crippen LogP contribution in [0.5, 0.6) is 5.75 Å². The van der Waals surface area contributed by atoms with Crippen LogP contribution in [-0.4, -0.2) is 61.6 Å². The largest absolute Gasteiger partial charge is 0.490 e. The van der Waals surface area contributed by atoms with Crippen LogP contribution in [-0.2, 0) is 11.3 Å². The molecule has 0 saturated carbocycles. The van der Waals surface area contributed by atoms with E-state index in [-0.39, 0.29) is 24.9 Å². The number of anilines is 1. The molecule has 2 rings (SSSR count). The second-order valence-corrected chi connectivity index (χ2v) is 7.24. The van der Waals surface area contributed by atoms with Gasteiger partial charge in [-0.2, -0.15) is 0 Å². The maximum atomic E-state index is 12.3. The summed E-state index contributed by atoms with van der Waals surface area (Å²) in [4.78, 5) is 28.4. The van der Waals surface area contributed by atoms with Gasteiger partial charge in [0.15, 0.2) is 0 Å². The van der Waals surface area contributed by atoms with E-state index in [9.17, 15) is 9.59 Å². The fourth-order valence-corrected chi connectivity index (χ4v) is 3.08. The third kappa shape index (κ3) is 8.68. The van der Waals surface area contributed by atoms with Gasteiger partial charge in [-0.25, -0.2) is 4.79 Å². The lowest BCUT2D eigenvalue weighted by Crippen LogP contribution is -2.38. The van der Waals surface area contributed by atoms with Gasteiger partial charge in [-0.05, 0) is 30.8 Å². The van der Waals surface area contributed by atoms with Gasteiger partial charge in [0.1, 0.15) is 12.4 Å². The normalized spacial score (nSPS) is 10.6. The minimum atomic E-state index is -0.211. The predicted octanol–water partition coefficient (Wildman–Crippen LogP) is 3.58. The van der Waals surface area contributed by atoms with Crippen LogP contribution in [0.2, 0.25) is 0 Å². The minimum Gasteiger partial charge on any atom is -0.490 e. The first-order valence-electron chi connectivity index (χ1n) is 10.8. The molecule has 0 unspecified atom stereocenters. The van der Waals surface area contributed by atoms with Gasteiger partial charge >= 0.3 is 6.03 Å². The molecule has 0 fully saturated rings. The van der Waals surface area contributed by atoms with Crippen molar-refractivity contribution in [3.63, 3.8) is 0 Å². The highest BCUT2D eigenvalue weighted by Crippen LogP contribution is 2.23. The maximum absolute atomic E-state index is 12.3. The molecule has 0 aliphatic rings. The van der Waals surface area contributed by atoms with Crippen LogP contribution in [0.25, 0.3) is 0 Å². The number of benzene rings is 2. The van der Waals surface area contributed by atoms with Gasteiger partial charge in [0.2, 0.25) is 5.91 Å². The van der Waals surface area contributed by atoms with Crippen LogP contribution in [0.1, 0.15) is 25.8 Å². The van der Waals surface area contributed by atoms with E-state index in [1.54, 1.807) is 11.9 Å². The number of nitrogens with one attached hydrogen (secondary N) is 2. The highest BCUT2D eigenvalue weighted by Gasteiger charge is 2.11. The van der Waals surface area contributed by atoms with Gasteiger partial charge in [-0.3, -0.25) is 4.79 Å². The lowest BCUT2D eigenvalue weighted by Gasteiger charge is -2.19. The fourth-order valence-electron chi connectivity index (χ4n) is 3.08. The molecule has 7 heteroatoms. The van der Waals surface area contributed by atoms with Crippen LogP contribution in [0.3, 0.4) is 0 Å². The summed E-state index contributed by atoms with van der Waals surface area (Å²) in [5, 5.41) is 5.66. The molecule has 3 amide bonds. The molecule has 2 aromatic carbocycles. The maximum Gasteiger partial charge on any atom is 0.317 e. The molecule has 7 nitrogen and oxygen atoms in total. The number of para-hydroxylation sites is 2. The number of likely N-dealkylation sites (N-methyl/N-ethyl adjacent to an activating group) is 1. The summed E-state index contributed by atoms with van der Waals surface area (Å²) in [6.45, 7) is 8.35. The Bertz CT molecular complexity index is 809. The first-order chi connectivity index (χ1) is 15.0. The van der Waals surface area contributed by atoms with Crippen molar-refractivity contribution in [1.29, 1.82) is 0 Å². The standard InChI is InChI=1S/C24H34N4O3/c1-4-28(5-2)17-18-31-22-14-10-9-13-21(22)26-23(29)15-16-25-24(30)27(3)19-20-11-7-6-8-12-20/h6-14H,4-5,15-19H2,1-3H3,(H,25,30)(H,26,29). The molecular weight excluding hydrogens is 392 g/mol. The van der Waals surface area contributed by atoms with Gasteiger partial charge < -0.3 is 25.2 Å². The first kappa shape index (κ1) is 24.2. The number of amides is 3. The zero-order chi connectivity index (χ0) is 22.5. The number of urea groups is 1. The highest BCUT2D eigenvalue weighted by molar-refractivity contribution is 5.92. The molecule has 0 radical (unpaired) electrons. The van der Waals surface area contributed by atoms with Gasteiger partial charge in [-0.1, -0.05) is 56.3 Å². The van der Waals surface area contributed by atoms with Crippen molar-refractivity contribution in [3.05, 3.63) is 60.2 Å². The molecule has 168 valence electrons. The lowest BCUT2D eigenvalue weighted by molar-refractivity contribution is -0.116. The van der Waals surface area contributed by atoms with Gasteiger partial charge in [-0.15, -0.1) is 0 Å². The minimum absolute atomic E-state index is 0.175. The molecule has 0 heterocycles. The number of hydrogen-bond acceptors (Lipinski definition) is 4. The van der Waals surface area contributed by atoms with Gasteiger partial charge in [0.05, 0.1) is 5.69 Å². The zero-order valence-corrected chi connectivity index (χ0v) is 18.8. The molecule has 0 atom stereocenters. The molecule has 0 aliphatic carbocycles. The van der Waals surface area contributed by atoms with Gasteiger partial charge in [0, 0.05) is 33.1 Å². The van der Waals surface area contributed by atoms with Crippen LogP contribution in [0.15, 0.2) is 54.6 Å². The molecular formula is C24H34N4O3. The summed E-state index contributed by atoms with van der Waals surface area (Å²) in [6, 6.07) is 16.9. The molecule has 0 bridgehead atoms. The highest BCUT2D eigenvalue weighted by atomic mass is 16.5. The van der Waals surface area contributed by atoms with Crippen molar-refractivity contribution in [1.82, 2.24) is 15.1 Å². The zero-order valence-electron chi connectivity index (χ0n) is 18.8. The summed E-state index contributed by atoms with van der Waals surface area (Å²) in [7, 11) is 1.73. The van der Waals surface area contributed by atoms with E-state index in [1.165, 1.54) is 0 Å². The topological polar surface area (TPSA) is 73.9 Å². The average Bonchev–Trinajstić information content (AvgIpc) is 2.78. The average molecular weight is 427 g/mol. The van der Waals surface area contributed by atoms with E-state index in [0.29, 0.717) is 24.6 Å². The van der Waals surface area contributed by atoms with E-state index in [2.05, 4.69) is 29.4 Å². The predicted molar refractivity (Wildman–Crippen MR) is 124 cm³/mol. The Morgan fingerprint density at radius 3 is 2.35 bits per heavy atom. The monoisotopic (exact) mass is 426 g/mol. The van der Waals surface area contributed by atoms with E-state index < -0.39 is 0 Å². The van der Waals surface area contributed by atoms with E-state index in [1.807, 2.05) is 54.6 Å². The molecule has 0 saturated heterocycles. The Labute approximate surface area is 185 Å². The Hall–Kier alpha value is -3.06. The Morgan fingerprint density at radius 1 is 0.968 bits per heavy atom. The number of ether oxygens (including phenoxy) is 1. The summed E-state index contributed by atoms with van der Waals surface area (Å²) < 4.78 is 5.87. The first-order valence-corrected chi connectivity index (χ1v) is 10.8. The second-order valence-electron chi connectivity index (χ2n) is 7.24. The summed E-state index contributed by atoms with van der Waals surface area (Å²) >= 11 is 0. The van der Waals surface area contributed by atoms with Crippen LogP contribution in [0, 0.1) is 0 Å². The van der Waals surface area contributed by atoms with Crippen LogP contribution >= 0.6 is 0 Å². The van der Waals surface area contributed by atoms with Crippen LogP contribution < -0.4 is 15.4 Å². The molecule has 0 spiro atoms. The van der Waals surface area contributed by atoms with Crippen molar-refractivity contribution in [2.24, 2.45) is 0 Å². The summed E-state index contributed by atoms with van der Waals surface area (Å²) in [5.41, 5.74) is 1.69. The summed E-state index contributed by atoms with van der Waals surface area (Å²) in [5.74, 6) is 0.473. The molecule has 0 aliphatic heterocycles.